The predicted molar refractivity (Wildman–Crippen MR) is 104 cm³/mol. The number of carbonyl (C=O) groups excluding carboxylic acids is 1. The molecular formula is C20H28N2O3S. The van der Waals surface area contributed by atoms with Crippen LogP contribution in [-0.2, 0) is 11.2 Å². The summed E-state index contributed by atoms with van der Waals surface area (Å²) in [5.74, 6) is 1.79. The third-order valence-corrected chi connectivity index (χ3v) is 5.89. The van der Waals surface area contributed by atoms with Crippen LogP contribution in [0.2, 0.25) is 0 Å². The Balaban J connectivity index is 1.68. The smallest absolute Gasteiger partial charge is 0.261 e. The number of rotatable bonds is 7. The summed E-state index contributed by atoms with van der Waals surface area (Å²) in [7, 11) is 0. The molecule has 1 amide bonds. The summed E-state index contributed by atoms with van der Waals surface area (Å²) < 4.78 is 11.3. The molecule has 5 nitrogen and oxygen atoms in total. The van der Waals surface area contributed by atoms with E-state index in [-0.39, 0.29) is 11.9 Å². The van der Waals surface area contributed by atoms with Gasteiger partial charge in [0.05, 0.1) is 24.1 Å². The van der Waals surface area contributed by atoms with E-state index in [9.17, 15) is 4.79 Å². The molecule has 0 spiro atoms. The second-order valence-corrected chi connectivity index (χ2v) is 8.02. The average molecular weight is 377 g/mol. The van der Waals surface area contributed by atoms with E-state index in [0.717, 1.165) is 42.3 Å². The quantitative estimate of drug-likeness (QED) is 0.800. The molecule has 3 heterocycles. The van der Waals surface area contributed by atoms with Crippen LogP contribution < -0.4 is 5.32 Å². The number of hydrogen-bond donors (Lipinski definition) is 1. The van der Waals surface area contributed by atoms with Crippen molar-refractivity contribution in [2.45, 2.75) is 39.7 Å². The van der Waals surface area contributed by atoms with E-state index in [2.05, 4.69) is 24.1 Å². The van der Waals surface area contributed by atoms with E-state index < -0.39 is 0 Å². The lowest BCUT2D eigenvalue weighted by Gasteiger charge is -2.33. The lowest BCUT2D eigenvalue weighted by atomic mass is 10.1. The van der Waals surface area contributed by atoms with Gasteiger partial charge >= 0.3 is 0 Å². The first kappa shape index (κ1) is 19.1. The molecule has 0 radical (unpaired) electrons. The van der Waals surface area contributed by atoms with Crippen LogP contribution in [0, 0.1) is 13.8 Å². The van der Waals surface area contributed by atoms with Crippen molar-refractivity contribution in [1.82, 2.24) is 10.2 Å². The fraction of sp³-hybridized carbons (Fsp3) is 0.550. The molecular weight excluding hydrogens is 348 g/mol. The molecule has 0 aromatic carbocycles. The number of thiophene rings is 1. The van der Waals surface area contributed by atoms with Gasteiger partial charge in [-0.3, -0.25) is 9.69 Å². The Labute approximate surface area is 159 Å². The Morgan fingerprint density at radius 1 is 1.31 bits per heavy atom. The highest BCUT2D eigenvalue weighted by molar-refractivity contribution is 7.14. The lowest BCUT2D eigenvalue weighted by Crippen LogP contribution is -2.43. The highest BCUT2D eigenvalue weighted by Gasteiger charge is 2.26. The summed E-state index contributed by atoms with van der Waals surface area (Å²) >= 11 is 1.58. The third kappa shape index (κ3) is 4.55. The van der Waals surface area contributed by atoms with Crippen molar-refractivity contribution in [2.75, 3.05) is 32.8 Å². The van der Waals surface area contributed by atoms with Crippen molar-refractivity contribution in [1.29, 1.82) is 0 Å². The van der Waals surface area contributed by atoms with Crippen LogP contribution in [0.25, 0.3) is 0 Å². The summed E-state index contributed by atoms with van der Waals surface area (Å²) in [5, 5.41) is 3.12. The van der Waals surface area contributed by atoms with Crippen LogP contribution in [0.1, 0.15) is 51.0 Å². The number of carbonyl (C=O) groups is 1. The zero-order valence-corrected chi connectivity index (χ0v) is 16.7. The molecule has 2 aromatic rings. The van der Waals surface area contributed by atoms with Crippen LogP contribution in [0.4, 0.5) is 0 Å². The maximum Gasteiger partial charge on any atom is 0.261 e. The highest BCUT2D eigenvalue weighted by Crippen LogP contribution is 2.25. The number of nitrogens with zero attached hydrogens (tertiary/aromatic N) is 1. The number of nitrogens with one attached hydrogen (secondary N) is 1. The summed E-state index contributed by atoms with van der Waals surface area (Å²) in [6.45, 7) is 9.86. The Morgan fingerprint density at radius 2 is 2.08 bits per heavy atom. The number of morpholine rings is 1. The zero-order chi connectivity index (χ0) is 18.5. The molecule has 1 aliphatic heterocycles. The number of amides is 1. The average Bonchev–Trinajstić information content (AvgIpc) is 3.23. The van der Waals surface area contributed by atoms with Crippen molar-refractivity contribution < 1.29 is 13.9 Å². The first-order valence-electron chi connectivity index (χ1n) is 9.34. The minimum atomic E-state index is 0.00184. The summed E-state index contributed by atoms with van der Waals surface area (Å²) in [4.78, 5) is 17.0. The molecule has 6 heteroatoms. The Hall–Kier alpha value is -1.63. The molecule has 0 aliphatic carbocycles. The minimum Gasteiger partial charge on any atom is -0.465 e. The van der Waals surface area contributed by atoms with Gasteiger partial charge in [0.15, 0.2) is 0 Å². The van der Waals surface area contributed by atoms with Crippen molar-refractivity contribution in [3.8, 4) is 0 Å². The molecule has 3 rings (SSSR count). The van der Waals surface area contributed by atoms with Gasteiger partial charge in [0, 0.05) is 24.5 Å². The van der Waals surface area contributed by atoms with Crippen molar-refractivity contribution >= 4 is 17.2 Å². The molecule has 1 aliphatic rings. The predicted octanol–water partition coefficient (Wildman–Crippen LogP) is 3.71. The second kappa shape index (κ2) is 8.84. The SMILES string of the molecule is CCCc1cc(C(=O)NCC(c2ccc(C)o2)N2CCOCC2)sc1C. The van der Waals surface area contributed by atoms with Gasteiger partial charge in [-0.05, 0) is 44.0 Å². The van der Waals surface area contributed by atoms with E-state index in [4.69, 9.17) is 9.15 Å². The fourth-order valence-electron chi connectivity index (χ4n) is 3.36. The molecule has 26 heavy (non-hydrogen) atoms. The molecule has 1 fully saturated rings. The number of furan rings is 1. The zero-order valence-electron chi connectivity index (χ0n) is 15.8. The summed E-state index contributed by atoms with van der Waals surface area (Å²) in [6, 6.07) is 6.06. The maximum atomic E-state index is 12.7. The first-order chi connectivity index (χ1) is 12.6. The van der Waals surface area contributed by atoms with Gasteiger partial charge in [0.2, 0.25) is 0 Å². The third-order valence-electron chi connectivity index (χ3n) is 4.80. The summed E-state index contributed by atoms with van der Waals surface area (Å²) in [6.07, 6.45) is 2.12. The Bertz CT molecular complexity index is 731. The second-order valence-electron chi connectivity index (χ2n) is 6.76. The largest absolute Gasteiger partial charge is 0.465 e. The van der Waals surface area contributed by atoms with Crippen molar-refractivity contribution in [3.63, 3.8) is 0 Å². The van der Waals surface area contributed by atoms with E-state index in [1.165, 1.54) is 10.4 Å². The normalized spacial score (nSPS) is 16.6. The topological polar surface area (TPSA) is 54.7 Å². The van der Waals surface area contributed by atoms with Crippen molar-refractivity contribution in [3.05, 3.63) is 45.0 Å². The molecule has 0 bridgehead atoms. The monoisotopic (exact) mass is 376 g/mol. The lowest BCUT2D eigenvalue weighted by molar-refractivity contribution is 0.0117. The first-order valence-corrected chi connectivity index (χ1v) is 10.2. The van der Waals surface area contributed by atoms with Crippen LogP contribution in [0.3, 0.4) is 0 Å². The molecule has 1 unspecified atom stereocenters. The maximum absolute atomic E-state index is 12.7. The number of ether oxygens (including phenoxy) is 1. The Morgan fingerprint density at radius 3 is 2.73 bits per heavy atom. The molecule has 1 N–H and O–H groups in total. The van der Waals surface area contributed by atoms with Crippen LogP contribution in [-0.4, -0.2) is 43.7 Å². The molecule has 2 aromatic heterocycles. The number of hydrogen-bond acceptors (Lipinski definition) is 5. The van der Waals surface area contributed by atoms with Crippen molar-refractivity contribution in [2.24, 2.45) is 0 Å². The molecule has 1 atom stereocenters. The van der Waals surface area contributed by atoms with Gasteiger partial charge in [-0.15, -0.1) is 11.3 Å². The summed E-state index contributed by atoms with van der Waals surface area (Å²) in [5.41, 5.74) is 1.29. The molecule has 1 saturated heterocycles. The van der Waals surface area contributed by atoms with Crippen LogP contribution in [0.15, 0.2) is 22.6 Å². The fourth-order valence-corrected chi connectivity index (χ4v) is 4.35. The van der Waals surface area contributed by atoms with Gasteiger partial charge in [-0.2, -0.15) is 0 Å². The standard InChI is InChI=1S/C20H28N2O3S/c1-4-5-16-12-19(26-15(16)3)20(23)21-13-17(18-7-6-14(2)25-18)22-8-10-24-11-9-22/h6-7,12,17H,4-5,8-11,13H2,1-3H3,(H,21,23). The van der Waals surface area contributed by atoms with Gasteiger partial charge in [0.1, 0.15) is 11.5 Å². The van der Waals surface area contributed by atoms with Crippen LogP contribution >= 0.6 is 11.3 Å². The van der Waals surface area contributed by atoms with E-state index in [1.54, 1.807) is 11.3 Å². The van der Waals surface area contributed by atoms with E-state index in [1.807, 2.05) is 25.1 Å². The van der Waals surface area contributed by atoms with Gasteiger partial charge < -0.3 is 14.5 Å². The van der Waals surface area contributed by atoms with E-state index in [0.29, 0.717) is 19.8 Å². The minimum absolute atomic E-state index is 0.00184. The van der Waals surface area contributed by atoms with Gasteiger partial charge in [-0.1, -0.05) is 13.3 Å². The Kier molecular flexibility index (Phi) is 6.51. The van der Waals surface area contributed by atoms with E-state index >= 15 is 0 Å². The van der Waals surface area contributed by atoms with Gasteiger partial charge in [0.25, 0.3) is 5.91 Å². The van der Waals surface area contributed by atoms with Gasteiger partial charge in [-0.25, -0.2) is 0 Å². The molecule has 0 saturated carbocycles. The number of aryl methyl sites for hydroxylation is 3. The van der Waals surface area contributed by atoms with Crippen LogP contribution in [0.5, 0.6) is 0 Å². The highest BCUT2D eigenvalue weighted by atomic mass is 32.1. The molecule has 142 valence electrons.